The van der Waals surface area contributed by atoms with Crippen LogP contribution in [-0.4, -0.2) is 67.1 Å². The molecule has 2 aromatic carbocycles. The van der Waals surface area contributed by atoms with Crippen LogP contribution in [0.4, 0.5) is 11.4 Å². The monoisotopic (exact) mass is 479 g/mol. The van der Waals surface area contributed by atoms with Crippen LogP contribution in [0.3, 0.4) is 0 Å². The molecule has 0 unspecified atom stereocenters. The Labute approximate surface area is 198 Å². The molecule has 0 aliphatic carbocycles. The predicted molar refractivity (Wildman–Crippen MR) is 129 cm³/mol. The molecule has 4 rings (SSSR count). The van der Waals surface area contributed by atoms with E-state index in [9.17, 15) is 18.0 Å². The van der Waals surface area contributed by atoms with Crippen molar-refractivity contribution in [2.45, 2.75) is 4.90 Å². The van der Waals surface area contributed by atoms with Crippen LogP contribution in [-0.2, 0) is 14.8 Å². The van der Waals surface area contributed by atoms with Gasteiger partial charge in [0.05, 0.1) is 17.8 Å². The minimum absolute atomic E-state index is 0.0927. The molecule has 34 heavy (non-hydrogen) atoms. The van der Waals surface area contributed by atoms with Crippen molar-refractivity contribution in [3.05, 3.63) is 84.7 Å². The number of sulfonamides is 1. The number of pyridine rings is 1. The molecular weight excluding hydrogens is 454 g/mol. The van der Waals surface area contributed by atoms with E-state index in [4.69, 9.17) is 0 Å². The fraction of sp³-hybridized carbons (Fsp3) is 0.208. The molecule has 176 valence electrons. The number of hydrogen-bond donors (Lipinski definition) is 2. The summed E-state index contributed by atoms with van der Waals surface area (Å²) in [6.07, 6.45) is 2.86. The van der Waals surface area contributed by atoms with Crippen LogP contribution < -0.4 is 10.6 Å². The van der Waals surface area contributed by atoms with Gasteiger partial charge in [0.1, 0.15) is 4.90 Å². The van der Waals surface area contributed by atoms with Crippen LogP contribution in [0.2, 0.25) is 0 Å². The lowest BCUT2D eigenvalue weighted by Gasteiger charge is -2.33. The summed E-state index contributed by atoms with van der Waals surface area (Å²) >= 11 is 0. The number of amides is 2. The number of hydrogen-bond acceptors (Lipinski definition) is 6. The number of rotatable bonds is 7. The summed E-state index contributed by atoms with van der Waals surface area (Å²) in [4.78, 5) is 31.3. The third kappa shape index (κ3) is 5.66. The van der Waals surface area contributed by atoms with Crippen LogP contribution in [0, 0.1) is 0 Å². The van der Waals surface area contributed by atoms with E-state index < -0.39 is 10.0 Å². The first kappa shape index (κ1) is 23.6. The Morgan fingerprint density at radius 3 is 2.26 bits per heavy atom. The summed E-state index contributed by atoms with van der Waals surface area (Å²) in [6, 6.07) is 19.0. The summed E-state index contributed by atoms with van der Waals surface area (Å²) in [6.45, 7) is 1.49. The molecule has 10 heteroatoms. The van der Waals surface area contributed by atoms with Gasteiger partial charge in [-0.2, -0.15) is 4.31 Å². The molecule has 2 N–H and O–H groups in total. The van der Waals surface area contributed by atoms with E-state index in [-0.39, 0.29) is 36.3 Å². The molecule has 1 aliphatic heterocycles. The number of carbonyl (C=O) groups excluding carboxylic acids is 2. The Hall–Kier alpha value is -3.60. The van der Waals surface area contributed by atoms with E-state index in [1.165, 1.54) is 22.8 Å². The summed E-state index contributed by atoms with van der Waals surface area (Å²) in [5.41, 5.74) is 1.43. The second-order valence-corrected chi connectivity index (χ2v) is 9.72. The molecule has 0 spiro atoms. The zero-order chi connectivity index (χ0) is 24.0. The minimum atomic E-state index is -3.60. The maximum absolute atomic E-state index is 12.7. The van der Waals surface area contributed by atoms with Crippen LogP contribution in [0.5, 0.6) is 0 Å². The van der Waals surface area contributed by atoms with Crippen molar-refractivity contribution < 1.29 is 18.0 Å². The van der Waals surface area contributed by atoms with Gasteiger partial charge in [0.15, 0.2) is 0 Å². The van der Waals surface area contributed by atoms with E-state index in [0.29, 0.717) is 30.0 Å². The van der Waals surface area contributed by atoms with Crippen molar-refractivity contribution in [3.63, 3.8) is 0 Å². The molecule has 1 saturated heterocycles. The van der Waals surface area contributed by atoms with Crippen molar-refractivity contribution >= 4 is 33.2 Å². The normalized spacial score (nSPS) is 14.9. The average molecular weight is 480 g/mol. The fourth-order valence-electron chi connectivity index (χ4n) is 3.68. The van der Waals surface area contributed by atoms with Crippen molar-refractivity contribution in [1.29, 1.82) is 0 Å². The van der Waals surface area contributed by atoms with Gasteiger partial charge < -0.3 is 10.6 Å². The quantitative estimate of drug-likeness (QED) is 0.538. The number of aromatic nitrogens is 1. The molecule has 2 heterocycles. The van der Waals surface area contributed by atoms with Crippen molar-refractivity contribution in [2.24, 2.45) is 0 Å². The number of nitrogens with one attached hydrogen (secondary N) is 2. The van der Waals surface area contributed by atoms with Crippen LogP contribution >= 0.6 is 0 Å². The van der Waals surface area contributed by atoms with Crippen LogP contribution in [0.25, 0.3) is 0 Å². The van der Waals surface area contributed by atoms with Gasteiger partial charge in [-0.25, -0.2) is 8.42 Å². The lowest BCUT2D eigenvalue weighted by atomic mass is 10.1. The smallest absolute Gasteiger partial charge is 0.257 e. The van der Waals surface area contributed by atoms with Gasteiger partial charge in [-0.05, 0) is 36.4 Å². The van der Waals surface area contributed by atoms with Gasteiger partial charge in [0.25, 0.3) is 5.91 Å². The number of piperazine rings is 1. The van der Waals surface area contributed by atoms with E-state index in [1.54, 1.807) is 42.5 Å². The van der Waals surface area contributed by atoms with E-state index in [2.05, 4.69) is 15.6 Å². The maximum Gasteiger partial charge on any atom is 0.257 e. The largest absolute Gasteiger partial charge is 0.324 e. The van der Waals surface area contributed by atoms with Gasteiger partial charge in [0, 0.05) is 44.3 Å². The zero-order valence-electron chi connectivity index (χ0n) is 18.4. The predicted octanol–water partition coefficient (Wildman–Crippen LogP) is 2.28. The number of anilines is 2. The second-order valence-electron chi connectivity index (χ2n) is 7.78. The third-order valence-electron chi connectivity index (χ3n) is 5.45. The lowest BCUT2D eigenvalue weighted by Crippen LogP contribution is -2.50. The Balaban J connectivity index is 1.33. The molecule has 0 bridgehead atoms. The topological polar surface area (TPSA) is 112 Å². The average Bonchev–Trinajstić information content (AvgIpc) is 2.86. The van der Waals surface area contributed by atoms with E-state index in [0.717, 1.165) is 0 Å². The van der Waals surface area contributed by atoms with Crippen molar-refractivity contribution in [3.8, 4) is 0 Å². The number of benzene rings is 2. The highest BCUT2D eigenvalue weighted by Gasteiger charge is 2.29. The maximum atomic E-state index is 12.7. The summed E-state index contributed by atoms with van der Waals surface area (Å²) < 4.78 is 26.9. The number of carbonyl (C=O) groups is 2. The van der Waals surface area contributed by atoms with Crippen molar-refractivity contribution in [2.75, 3.05) is 43.4 Å². The molecule has 1 aliphatic rings. The summed E-state index contributed by atoms with van der Waals surface area (Å²) in [5.74, 6) is -0.597. The van der Waals surface area contributed by atoms with E-state index >= 15 is 0 Å². The first-order valence-electron chi connectivity index (χ1n) is 10.8. The molecular formula is C24H25N5O4S. The molecule has 0 saturated carbocycles. The SMILES string of the molecule is O=C(CN1CCN(S(=O)(=O)c2cccnc2)CC1)Nc1ccccc1C(=O)Nc1ccccc1. The zero-order valence-corrected chi connectivity index (χ0v) is 19.2. The summed E-state index contributed by atoms with van der Waals surface area (Å²) in [7, 11) is -3.60. The summed E-state index contributed by atoms with van der Waals surface area (Å²) in [5, 5.41) is 5.63. The fourth-order valence-corrected chi connectivity index (χ4v) is 5.07. The van der Waals surface area contributed by atoms with Crippen molar-refractivity contribution in [1.82, 2.24) is 14.2 Å². The molecule has 0 atom stereocenters. The molecule has 0 radical (unpaired) electrons. The standard InChI is InChI=1S/C24H25N5O4S/c30-23(18-28-13-15-29(16-14-28)34(32,33)20-9-6-12-25-17-20)27-22-11-5-4-10-21(22)24(31)26-19-7-2-1-3-8-19/h1-12,17H,13-16,18H2,(H,26,31)(H,27,30). The highest BCUT2D eigenvalue weighted by molar-refractivity contribution is 7.89. The van der Waals surface area contributed by atoms with Gasteiger partial charge in [-0.3, -0.25) is 19.5 Å². The molecule has 9 nitrogen and oxygen atoms in total. The first-order valence-corrected chi connectivity index (χ1v) is 12.3. The van der Waals surface area contributed by atoms with Gasteiger partial charge in [-0.15, -0.1) is 0 Å². The third-order valence-corrected chi connectivity index (χ3v) is 7.33. The first-order chi connectivity index (χ1) is 16.4. The second kappa shape index (κ2) is 10.6. The Kier molecular flexibility index (Phi) is 7.31. The Bertz CT molecular complexity index is 1240. The minimum Gasteiger partial charge on any atom is -0.324 e. The Morgan fingerprint density at radius 2 is 1.56 bits per heavy atom. The highest BCUT2D eigenvalue weighted by Crippen LogP contribution is 2.19. The molecule has 1 fully saturated rings. The number of para-hydroxylation sites is 2. The van der Waals surface area contributed by atoms with Gasteiger partial charge >= 0.3 is 0 Å². The van der Waals surface area contributed by atoms with Gasteiger partial charge in [0.2, 0.25) is 15.9 Å². The molecule has 1 aromatic heterocycles. The lowest BCUT2D eigenvalue weighted by molar-refractivity contribution is -0.117. The van der Waals surface area contributed by atoms with Gasteiger partial charge in [-0.1, -0.05) is 30.3 Å². The Morgan fingerprint density at radius 1 is 0.853 bits per heavy atom. The highest BCUT2D eigenvalue weighted by atomic mass is 32.2. The molecule has 2 amide bonds. The van der Waals surface area contributed by atoms with E-state index in [1.807, 2.05) is 23.1 Å². The number of nitrogens with zero attached hydrogens (tertiary/aromatic N) is 3. The van der Waals surface area contributed by atoms with Crippen LogP contribution in [0.1, 0.15) is 10.4 Å². The molecule has 3 aromatic rings. The van der Waals surface area contributed by atoms with Crippen LogP contribution in [0.15, 0.2) is 84.0 Å².